The normalized spacial score (nSPS) is 11.5. The second-order valence-electron chi connectivity index (χ2n) is 2.86. The maximum absolute atomic E-state index is 10.8. The van der Waals surface area contributed by atoms with Crippen LogP contribution >= 0.6 is 11.3 Å². The van der Waals surface area contributed by atoms with E-state index < -0.39 is 15.7 Å². The second-order valence-corrected chi connectivity index (χ2v) is 6.24. The molecule has 1 rings (SSSR count). The molecule has 1 aromatic heterocycles. The van der Waals surface area contributed by atoms with Gasteiger partial charge in [-0.2, -0.15) is 0 Å². The largest absolute Gasteiger partial charge is 0.365 e. The van der Waals surface area contributed by atoms with E-state index in [9.17, 15) is 13.2 Å². The molecule has 0 aliphatic rings. The predicted molar refractivity (Wildman–Crippen MR) is 54.0 cm³/mol. The topological polar surface area (TPSA) is 90.1 Å². The van der Waals surface area contributed by atoms with E-state index in [1.165, 1.54) is 6.20 Å². The van der Waals surface area contributed by atoms with Gasteiger partial charge in [-0.3, -0.25) is 4.79 Å². The fourth-order valence-electron chi connectivity index (χ4n) is 0.812. The Morgan fingerprint density at radius 3 is 2.71 bits per heavy atom. The number of sulfone groups is 1. The average Bonchev–Trinajstić information content (AvgIpc) is 2.47. The summed E-state index contributed by atoms with van der Waals surface area (Å²) in [5.41, 5.74) is 5.02. The Balaban J connectivity index is 2.65. The molecule has 78 valence electrons. The Kier molecular flexibility index (Phi) is 3.22. The lowest BCUT2D eigenvalue weighted by Gasteiger charge is -1.93. The Morgan fingerprint density at radius 2 is 2.29 bits per heavy atom. The number of carbonyl (C=O) groups is 1. The number of aryl methyl sites for hydroxylation is 1. The minimum absolute atomic E-state index is 0.0404. The molecular weight excluding hydrogens is 224 g/mol. The zero-order chi connectivity index (χ0) is 10.8. The quantitative estimate of drug-likeness (QED) is 0.783. The fourth-order valence-corrected chi connectivity index (χ4v) is 2.28. The van der Waals surface area contributed by atoms with Crippen LogP contribution in [0, 0.1) is 0 Å². The van der Waals surface area contributed by atoms with Crippen molar-refractivity contribution in [2.45, 2.75) is 6.42 Å². The Hall–Kier alpha value is -0.950. The van der Waals surface area contributed by atoms with E-state index in [2.05, 4.69) is 4.98 Å². The van der Waals surface area contributed by atoms with Crippen LogP contribution in [0.5, 0.6) is 0 Å². The molecule has 0 bridgehead atoms. The van der Waals surface area contributed by atoms with Crippen LogP contribution in [-0.4, -0.2) is 31.3 Å². The van der Waals surface area contributed by atoms with Crippen LogP contribution in [-0.2, 0) is 16.3 Å². The number of nitrogens with two attached hydrogens (primary N) is 1. The number of thiazole rings is 1. The number of aromatic nitrogens is 1. The summed E-state index contributed by atoms with van der Waals surface area (Å²) in [5, 5.41) is 0.615. The molecule has 0 unspecified atom stereocenters. The van der Waals surface area contributed by atoms with Crippen LogP contribution < -0.4 is 5.73 Å². The molecule has 0 atom stereocenters. The first-order chi connectivity index (χ1) is 6.38. The fraction of sp³-hybridized carbons (Fsp3) is 0.429. The lowest BCUT2D eigenvalue weighted by Crippen LogP contribution is -2.08. The molecule has 1 heterocycles. The molecule has 0 radical (unpaired) electrons. The van der Waals surface area contributed by atoms with Gasteiger partial charge in [0.2, 0.25) is 0 Å². The monoisotopic (exact) mass is 234 g/mol. The van der Waals surface area contributed by atoms with Gasteiger partial charge in [-0.05, 0) is 0 Å². The van der Waals surface area contributed by atoms with Crippen molar-refractivity contribution in [2.24, 2.45) is 5.73 Å². The second kappa shape index (κ2) is 4.05. The number of hydrogen-bond donors (Lipinski definition) is 1. The van der Waals surface area contributed by atoms with E-state index >= 15 is 0 Å². The molecule has 1 amide bonds. The summed E-state index contributed by atoms with van der Waals surface area (Å²) < 4.78 is 21.7. The molecule has 0 aliphatic carbocycles. The average molecular weight is 234 g/mol. The molecule has 2 N–H and O–H groups in total. The molecule has 0 spiro atoms. The zero-order valence-corrected chi connectivity index (χ0v) is 9.19. The number of carbonyl (C=O) groups excluding carboxylic acids is 1. The van der Waals surface area contributed by atoms with E-state index in [1.54, 1.807) is 0 Å². The van der Waals surface area contributed by atoms with E-state index in [1.807, 2.05) is 0 Å². The zero-order valence-electron chi connectivity index (χ0n) is 7.56. The van der Waals surface area contributed by atoms with Gasteiger partial charge < -0.3 is 5.73 Å². The Morgan fingerprint density at radius 1 is 1.64 bits per heavy atom. The standard InChI is InChI=1S/C7H10N2O3S2/c1-14(11,12)3-2-6-9-4-5(13-6)7(8)10/h4H,2-3H2,1H3,(H2,8,10). The van der Waals surface area contributed by atoms with Crippen LogP contribution in [0.3, 0.4) is 0 Å². The van der Waals surface area contributed by atoms with Gasteiger partial charge in [0.25, 0.3) is 5.91 Å². The molecule has 1 aromatic rings. The predicted octanol–water partition coefficient (Wildman–Crippen LogP) is -0.171. The highest BCUT2D eigenvalue weighted by molar-refractivity contribution is 7.90. The number of amides is 1. The minimum atomic E-state index is -2.98. The van der Waals surface area contributed by atoms with Crippen molar-refractivity contribution in [3.8, 4) is 0 Å². The summed E-state index contributed by atoms with van der Waals surface area (Å²) >= 11 is 1.13. The maximum Gasteiger partial charge on any atom is 0.260 e. The van der Waals surface area contributed by atoms with Gasteiger partial charge in [-0.15, -0.1) is 11.3 Å². The number of nitrogens with zero attached hydrogens (tertiary/aromatic N) is 1. The summed E-state index contributed by atoms with van der Waals surface area (Å²) in [7, 11) is -2.98. The van der Waals surface area contributed by atoms with Crippen molar-refractivity contribution in [3.63, 3.8) is 0 Å². The molecule has 14 heavy (non-hydrogen) atoms. The number of rotatable bonds is 4. The van der Waals surface area contributed by atoms with Crippen LogP contribution in [0.1, 0.15) is 14.7 Å². The van der Waals surface area contributed by atoms with Crippen LogP contribution in [0.4, 0.5) is 0 Å². The molecule has 0 saturated heterocycles. The maximum atomic E-state index is 10.8. The Labute approximate surface area is 85.9 Å². The highest BCUT2D eigenvalue weighted by Crippen LogP contribution is 2.12. The Bertz CT molecular complexity index is 436. The summed E-state index contributed by atoms with van der Waals surface area (Å²) in [4.78, 5) is 14.9. The third kappa shape index (κ3) is 3.43. The van der Waals surface area contributed by atoms with Crippen LogP contribution in [0.25, 0.3) is 0 Å². The molecule has 7 heteroatoms. The van der Waals surface area contributed by atoms with Gasteiger partial charge in [-0.1, -0.05) is 0 Å². The van der Waals surface area contributed by atoms with Crippen molar-refractivity contribution < 1.29 is 13.2 Å². The first kappa shape index (κ1) is 11.1. The van der Waals surface area contributed by atoms with E-state index in [0.29, 0.717) is 16.3 Å². The first-order valence-corrected chi connectivity index (χ1v) is 6.68. The summed E-state index contributed by atoms with van der Waals surface area (Å²) in [5.74, 6) is -0.494. The smallest absolute Gasteiger partial charge is 0.260 e. The third-order valence-electron chi connectivity index (χ3n) is 1.48. The summed E-state index contributed by atoms with van der Waals surface area (Å²) in [6.07, 6.45) is 2.86. The van der Waals surface area contributed by atoms with Crippen molar-refractivity contribution in [2.75, 3.05) is 12.0 Å². The third-order valence-corrected chi connectivity index (χ3v) is 3.50. The summed E-state index contributed by atoms with van der Waals surface area (Å²) in [6, 6.07) is 0. The van der Waals surface area contributed by atoms with E-state index in [-0.39, 0.29) is 5.75 Å². The number of hydrogen-bond acceptors (Lipinski definition) is 5. The minimum Gasteiger partial charge on any atom is -0.365 e. The van der Waals surface area contributed by atoms with Crippen molar-refractivity contribution >= 4 is 27.1 Å². The van der Waals surface area contributed by atoms with Gasteiger partial charge in [-0.25, -0.2) is 13.4 Å². The van der Waals surface area contributed by atoms with Gasteiger partial charge >= 0.3 is 0 Å². The molecule has 0 fully saturated rings. The van der Waals surface area contributed by atoms with Gasteiger partial charge in [0.15, 0.2) is 0 Å². The van der Waals surface area contributed by atoms with Crippen molar-refractivity contribution in [3.05, 3.63) is 16.1 Å². The van der Waals surface area contributed by atoms with Crippen LogP contribution in [0.2, 0.25) is 0 Å². The van der Waals surface area contributed by atoms with E-state index in [0.717, 1.165) is 17.6 Å². The van der Waals surface area contributed by atoms with Gasteiger partial charge in [0, 0.05) is 12.7 Å². The molecule has 5 nitrogen and oxygen atoms in total. The highest BCUT2D eigenvalue weighted by Gasteiger charge is 2.09. The SMILES string of the molecule is CS(=O)(=O)CCc1ncc(C(N)=O)s1. The molecule has 0 aromatic carbocycles. The molecule has 0 aliphatic heterocycles. The van der Waals surface area contributed by atoms with Crippen molar-refractivity contribution in [1.29, 1.82) is 0 Å². The van der Waals surface area contributed by atoms with Crippen LogP contribution in [0.15, 0.2) is 6.20 Å². The van der Waals surface area contributed by atoms with E-state index in [4.69, 9.17) is 5.73 Å². The number of primary amides is 1. The lowest BCUT2D eigenvalue weighted by molar-refractivity contribution is 0.100. The highest BCUT2D eigenvalue weighted by atomic mass is 32.2. The van der Waals surface area contributed by atoms with Gasteiger partial charge in [0.05, 0.1) is 17.0 Å². The van der Waals surface area contributed by atoms with Gasteiger partial charge in [0.1, 0.15) is 14.7 Å². The first-order valence-electron chi connectivity index (χ1n) is 3.81. The summed E-state index contributed by atoms with van der Waals surface area (Å²) in [6.45, 7) is 0. The lowest BCUT2D eigenvalue weighted by atomic mass is 10.5. The van der Waals surface area contributed by atoms with Crippen molar-refractivity contribution in [1.82, 2.24) is 4.98 Å². The molecular formula is C7H10N2O3S2. The molecule has 0 saturated carbocycles.